The molecule has 0 saturated heterocycles. The van der Waals surface area contributed by atoms with Crippen molar-refractivity contribution < 1.29 is 0 Å². The van der Waals surface area contributed by atoms with Crippen molar-refractivity contribution in [1.29, 1.82) is 0 Å². The summed E-state index contributed by atoms with van der Waals surface area (Å²) < 4.78 is 0. The molecular weight excluding hydrogens is 175 g/mol. The van der Waals surface area contributed by atoms with E-state index in [-0.39, 0.29) is 7.92 Å². The molecule has 0 radical (unpaired) electrons. The summed E-state index contributed by atoms with van der Waals surface area (Å²) in [5.41, 5.74) is 1.06. The van der Waals surface area contributed by atoms with Gasteiger partial charge in [0.25, 0.3) is 0 Å². The van der Waals surface area contributed by atoms with Gasteiger partial charge in [-0.1, -0.05) is 55.9 Å². The van der Waals surface area contributed by atoms with Crippen LogP contribution in [0.25, 0.3) is 0 Å². The van der Waals surface area contributed by atoms with E-state index >= 15 is 0 Å². The van der Waals surface area contributed by atoms with Gasteiger partial charge in [-0.25, -0.2) is 0 Å². The summed E-state index contributed by atoms with van der Waals surface area (Å²) in [5.74, 6) is 0. The number of hydrogen-bond donors (Lipinski definition) is 0. The van der Waals surface area contributed by atoms with E-state index in [1.165, 1.54) is 19.3 Å². The zero-order valence-electron chi connectivity index (χ0n) is 10.1. The standard InChI is InChI=1S/C12H25P/c1-11(2,3)13(12(4,5)6)10-8-7-9-10/h10H,7-9H2,1-6H3. The molecule has 1 aliphatic carbocycles. The lowest BCUT2D eigenvalue weighted by Crippen LogP contribution is -2.34. The minimum absolute atomic E-state index is 0.183. The van der Waals surface area contributed by atoms with Crippen molar-refractivity contribution >= 4 is 7.92 Å². The predicted molar refractivity (Wildman–Crippen MR) is 64.1 cm³/mol. The van der Waals surface area contributed by atoms with Crippen LogP contribution in [0.4, 0.5) is 0 Å². The molecule has 1 heteroatoms. The van der Waals surface area contributed by atoms with Crippen LogP contribution in [0.3, 0.4) is 0 Å². The van der Waals surface area contributed by atoms with E-state index in [1.54, 1.807) is 0 Å². The molecule has 0 N–H and O–H groups in total. The van der Waals surface area contributed by atoms with Crippen LogP contribution in [0.2, 0.25) is 0 Å². The van der Waals surface area contributed by atoms with Crippen molar-refractivity contribution in [3.8, 4) is 0 Å². The summed E-state index contributed by atoms with van der Waals surface area (Å²) in [6.07, 6.45) is 4.48. The molecule has 0 aromatic rings. The minimum Gasteiger partial charge on any atom is -0.0924 e. The van der Waals surface area contributed by atoms with Crippen molar-refractivity contribution in [3.05, 3.63) is 0 Å². The second-order valence-electron chi connectivity index (χ2n) is 6.30. The molecule has 1 fully saturated rings. The van der Waals surface area contributed by atoms with Gasteiger partial charge in [0.1, 0.15) is 0 Å². The van der Waals surface area contributed by atoms with Gasteiger partial charge in [0, 0.05) is 0 Å². The van der Waals surface area contributed by atoms with Crippen LogP contribution < -0.4 is 0 Å². The first-order valence-corrected chi connectivity index (χ1v) is 6.93. The van der Waals surface area contributed by atoms with Crippen LogP contribution in [-0.4, -0.2) is 16.0 Å². The third-order valence-electron chi connectivity index (χ3n) is 2.89. The fraction of sp³-hybridized carbons (Fsp3) is 1.00. The van der Waals surface area contributed by atoms with E-state index in [2.05, 4.69) is 41.5 Å². The monoisotopic (exact) mass is 200 g/mol. The molecule has 0 unspecified atom stereocenters. The summed E-state index contributed by atoms with van der Waals surface area (Å²) in [4.78, 5) is 0. The lowest BCUT2D eigenvalue weighted by atomic mass is 10.00. The smallest absolute Gasteiger partial charge is 0.0172 e. The van der Waals surface area contributed by atoms with Crippen molar-refractivity contribution in [2.75, 3.05) is 0 Å². The highest BCUT2D eigenvalue weighted by atomic mass is 31.1. The van der Waals surface area contributed by atoms with Crippen molar-refractivity contribution in [2.24, 2.45) is 0 Å². The van der Waals surface area contributed by atoms with Gasteiger partial charge in [-0.2, -0.15) is 0 Å². The fourth-order valence-corrected chi connectivity index (χ4v) is 7.83. The van der Waals surface area contributed by atoms with Gasteiger partial charge in [0.05, 0.1) is 0 Å². The van der Waals surface area contributed by atoms with E-state index in [9.17, 15) is 0 Å². The van der Waals surface area contributed by atoms with Gasteiger partial charge in [-0.3, -0.25) is 0 Å². The van der Waals surface area contributed by atoms with Gasteiger partial charge in [-0.15, -0.1) is 0 Å². The van der Waals surface area contributed by atoms with E-state index in [0.717, 1.165) is 5.66 Å². The van der Waals surface area contributed by atoms with Crippen LogP contribution in [0.1, 0.15) is 60.8 Å². The van der Waals surface area contributed by atoms with Gasteiger partial charge in [0.2, 0.25) is 0 Å². The summed E-state index contributed by atoms with van der Waals surface area (Å²) in [5, 5.41) is 1.08. The van der Waals surface area contributed by atoms with Crippen LogP contribution in [0, 0.1) is 0 Å². The molecule has 0 aromatic heterocycles. The quantitative estimate of drug-likeness (QED) is 0.542. The largest absolute Gasteiger partial charge is 0.0924 e. The molecule has 78 valence electrons. The second-order valence-corrected chi connectivity index (χ2v) is 10.4. The average molecular weight is 200 g/mol. The van der Waals surface area contributed by atoms with Crippen LogP contribution in [-0.2, 0) is 0 Å². The highest BCUT2D eigenvalue weighted by molar-refractivity contribution is 7.61. The Labute approximate surface area is 85.2 Å². The molecule has 1 aliphatic rings. The number of rotatable bonds is 1. The van der Waals surface area contributed by atoms with Crippen molar-refractivity contribution in [1.82, 2.24) is 0 Å². The van der Waals surface area contributed by atoms with E-state index < -0.39 is 0 Å². The van der Waals surface area contributed by atoms with Gasteiger partial charge >= 0.3 is 0 Å². The maximum Gasteiger partial charge on any atom is -0.0172 e. The average Bonchev–Trinajstić information content (AvgIpc) is 1.71. The lowest BCUT2D eigenvalue weighted by Gasteiger charge is -2.49. The molecule has 0 heterocycles. The van der Waals surface area contributed by atoms with Crippen molar-refractivity contribution in [3.63, 3.8) is 0 Å². The maximum atomic E-state index is 2.43. The highest BCUT2D eigenvalue weighted by Gasteiger charge is 2.41. The summed E-state index contributed by atoms with van der Waals surface area (Å²) >= 11 is 0. The first kappa shape index (κ1) is 11.5. The van der Waals surface area contributed by atoms with E-state index in [0.29, 0.717) is 10.3 Å². The fourth-order valence-electron chi connectivity index (χ4n) is 2.75. The first-order chi connectivity index (χ1) is 5.73. The van der Waals surface area contributed by atoms with Crippen LogP contribution in [0.15, 0.2) is 0 Å². The molecule has 13 heavy (non-hydrogen) atoms. The SMILES string of the molecule is CC(C)(C)P(C1CCC1)C(C)(C)C. The van der Waals surface area contributed by atoms with E-state index in [4.69, 9.17) is 0 Å². The summed E-state index contributed by atoms with van der Waals surface area (Å²) in [7, 11) is 0.183. The molecule has 0 bridgehead atoms. The molecule has 0 amide bonds. The van der Waals surface area contributed by atoms with Crippen molar-refractivity contribution in [2.45, 2.75) is 76.8 Å². The van der Waals surface area contributed by atoms with Crippen LogP contribution in [0.5, 0.6) is 0 Å². The third-order valence-corrected chi connectivity index (χ3v) is 7.02. The second kappa shape index (κ2) is 3.54. The zero-order valence-corrected chi connectivity index (χ0v) is 11.0. The minimum atomic E-state index is 0.183. The predicted octanol–water partition coefficient (Wildman–Crippen LogP) is 4.62. The molecule has 0 nitrogen and oxygen atoms in total. The Hall–Kier alpha value is 0.430. The lowest BCUT2D eigenvalue weighted by molar-refractivity contribution is 0.494. The number of hydrogen-bond acceptors (Lipinski definition) is 0. The molecule has 0 spiro atoms. The molecule has 0 aromatic carbocycles. The molecule has 1 rings (SSSR count). The zero-order chi connectivity index (χ0) is 10.3. The molecule has 0 atom stereocenters. The maximum absolute atomic E-state index is 2.43. The highest BCUT2D eigenvalue weighted by Crippen LogP contribution is 2.66. The Bertz CT molecular complexity index is 153. The molecule has 1 saturated carbocycles. The molecular formula is C12H25P. The topological polar surface area (TPSA) is 0 Å². The first-order valence-electron chi connectivity index (χ1n) is 5.52. The Morgan fingerprint density at radius 1 is 0.846 bits per heavy atom. The van der Waals surface area contributed by atoms with Crippen LogP contribution >= 0.6 is 7.92 Å². The Morgan fingerprint density at radius 2 is 1.23 bits per heavy atom. The van der Waals surface area contributed by atoms with Gasteiger partial charge in [0.15, 0.2) is 0 Å². The van der Waals surface area contributed by atoms with E-state index in [1.807, 2.05) is 0 Å². The Kier molecular flexibility index (Phi) is 3.13. The van der Waals surface area contributed by atoms with Gasteiger partial charge < -0.3 is 0 Å². The third kappa shape index (κ3) is 2.69. The Balaban J connectivity index is 2.76. The summed E-state index contributed by atoms with van der Waals surface area (Å²) in [6.45, 7) is 14.6. The summed E-state index contributed by atoms with van der Waals surface area (Å²) in [6, 6.07) is 0. The van der Waals surface area contributed by atoms with Gasteiger partial charge in [-0.05, 0) is 28.8 Å². The normalized spacial score (nSPS) is 20.5. The molecule has 0 aliphatic heterocycles. The Morgan fingerprint density at radius 3 is 1.31 bits per heavy atom.